The molecule has 0 bridgehead atoms. The summed E-state index contributed by atoms with van der Waals surface area (Å²) in [5.74, 6) is 0.342. The molecule has 0 spiro atoms. The molecule has 2 fully saturated rings. The number of likely N-dealkylation sites (tertiary alicyclic amines) is 2. The Kier molecular flexibility index (Phi) is 5.23. The van der Waals surface area contributed by atoms with Crippen LogP contribution in [0.2, 0.25) is 0 Å². The second-order valence-electron chi connectivity index (χ2n) is 7.01. The molecule has 132 valence electrons. The van der Waals surface area contributed by atoms with Gasteiger partial charge in [0.15, 0.2) is 0 Å². The van der Waals surface area contributed by atoms with E-state index in [4.69, 9.17) is 4.42 Å². The van der Waals surface area contributed by atoms with Crippen molar-refractivity contribution >= 4 is 11.8 Å². The highest BCUT2D eigenvalue weighted by molar-refractivity contribution is 5.94. The summed E-state index contributed by atoms with van der Waals surface area (Å²) in [6.45, 7) is 4.46. The third-order valence-electron chi connectivity index (χ3n) is 5.35. The second-order valence-corrected chi connectivity index (χ2v) is 7.01. The highest BCUT2D eigenvalue weighted by Crippen LogP contribution is 2.25. The standard InChI is InChI=1S/C18H26N2O4/c1-13(21)15-3-2-7-20(11-15)17(22)14-4-8-19(9-5-14)18(23)16-6-10-24-12-16/h6,10,12-15,21H,2-5,7-9,11H2,1H3. The first-order chi connectivity index (χ1) is 11.6. The van der Waals surface area contributed by atoms with Crippen LogP contribution >= 0.6 is 0 Å². The Morgan fingerprint density at radius 2 is 1.96 bits per heavy atom. The lowest BCUT2D eigenvalue weighted by Crippen LogP contribution is -2.48. The minimum Gasteiger partial charge on any atom is -0.472 e. The fourth-order valence-electron chi connectivity index (χ4n) is 3.76. The average Bonchev–Trinajstić information content (AvgIpc) is 3.15. The molecule has 6 nitrogen and oxygen atoms in total. The Hall–Kier alpha value is -1.82. The van der Waals surface area contributed by atoms with Crippen LogP contribution in [0.5, 0.6) is 0 Å². The van der Waals surface area contributed by atoms with Gasteiger partial charge in [0.2, 0.25) is 5.91 Å². The molecular formula is C18H26N2O4. The summed E-state index contributed by atoms with van der Waals surface area (Å²) in [4.78, 5) is 28.8. The zero-order chi connectivity index (χ0) is 17.1. The number of hydrogen-bond acceptors (Lipinski definition) is 4. The fraction of sp³-hybridized carbons (Fsp3) is 0.667. The number of aliphatic hydroxyl groups excluding tert-OH is 1. The van der Waals surface area contributed by atoms with Gasteiger partial charge in [-0.15, -0.1) is 0 Å². The van der Waals surface area contributed by atoms with Gasteiger partial charge >= 0.3 is 0 Å². The zero-order valence-electron chi connectivity index (χ0n) is 14.2. The first kappa shape index (κ1) is 17.0. The van der Waals surface area contributed by atoms with E-state index in [1.54, 1.807) is 17.9 Å². The van der Waals surface area contributed by atoms with E-state index >= 15 is 0 Å². The number of carbonyl (C=O) groups excluding carboxylic acids is 2. The van der Waals surface area contributed by atoms with Crippen molar-refractivity contribution in [3.8, 4) is 0 Å². The SMILES string of the molecule is CC(O)C1CCCN(C(=O)C2CCN(C(=O)c3ccoc3)CC2)C1. The number of amides is 2. The van der Waals surface area contributed by atoms with Crippen LogP contribution in [0.1, 0.15) is 43.0 Å². The van der Waals surface area contributed by atoms with Gasteiger partial charge in [-0.1, -0.05) is 0 Å². The summed E-state index contributed by atoms with van der Waals surface area (Å²) in [5, 5.41) is 9.78. The molecule has 2 unspecified atom stereocenters. The van der Waals surface area contributed by atoms with Gasteiger partial charge in [0.1, 0.15) is 6.26 Å². The van der Waals surface area contributed by atoms with Crippen LogP contribution in [0.3, 0.4) is 0 Å². The highest BCUT2D eigenvalue weighted by atomic mass is 16.3. The molecule has 2 aliphatic rings. The maximum absolute atomic E-state index is 12.8. The van der Waals surface area contributed by atoms with Crippen LogP contribution in [0, 0.1) is 11.8 Å². The minimum atomic E-state index is -0.366. The van der Waals surface area contributed by atoms with Gasteiger partial charge in [0.05, 0.1) is 17.9 Å². The second kappa shape index (κ2) is 7.38. The summed E-state index contributed by atoms with van der Waals surface area (Å²) >= 11 is 0. The van der Waals surface area contributed by atoms with Crippen LogP contribution in [-0.4, -0.2) is 59.0 Å². The largest absolute Gasteiger partial charge is 0.472 e. The van der Waals surface area contributed by atoms with Crippen molar-refractivity contribution in [3.63, 3.8) is 0 Å². The molecule has 2 atom stereocenters. The highest BCUT2D eigenvalue weighted by Gasteiger charge is 2.33. The molecule has 6 heteroatoms. The number of carbonyl (C=O) groups is 2. The van der Waals surface area contributed by atoms with Crippen LogP contribution in [0.25, 0.3) is 0 Å². The summed E-state index contributed by atoms with van der Waals surface area (Å²) in [5.41, 5.74) is 0.565. The van der Waals surface area contributed by atoms with E-state index < -0.39 is 0 Å². The smallest absolute Gasteiger partial charge is 0.257 e. The van der Waals surface area contributed by atoms with Gasteiger partial charge in [-0.2, -0.15) is 0 Å². The Labute approximate surface area is 142 Å². The quantitative estimate of drug-likeness (QED) is 0.914. The van der Waals surface area contributed by atoms with Crippen molar-refractivity contribution in [3.05, 3.63) is 24.2 Å². The Bertz CT molecular complexity index is 562. The number of furan rings is 1. The number of aliphatic hydroxyl groups is 1. The lowest BCUT2D eigenvalue weighted by atomic mass is 9.90. The van der Waals surface area contributed by atoms with Gasteiger partial charge < -0.3 is 19.3 Å². The molecule has 3 heterocycles. The van der Waals surface area contributed by atoms with E-state index in [1.807, 2.05) is 4.90 Å². The number of nitrogens with zero attached hydrogens (tertiary/aromatic N) is 2. The van der Waals surface area contributed by atoms with Gasteiger partial charge in [-0.05, 0) is 38.7 Å². The van der Waals surface area contributed by atoms with E-state index in [1.165, 1.54) is 12.5 Å². The maximum atomic E-state index is 12.8. The average molecular weight is 334 g/mol. The third-order valence-corrected chi connectivity index (χ3v) is 5.35. The molecule has 3 rings (SSSR count). The summed E-state index contributed by atoms with van der Waals surface area (Å²) in [7, 11) is 0. The fourth-order valence-corrected chi connectivity index (χ4v) is 3.76. The molecule has 0 aliphatic carbocycles. The Morgan fingerprint density at radius 3 is 2.58 bits per heavy atom. The first-order valence-electron chi connectivity index (χ1n) is 8.84. The molecule has 1 aromatic heterocycles. The van der Waals surface area contributed by atoms with E-state index in [2.05, 4.69) is 0 Å². The lowest BCUT2D eigenvalue weighted by molar-refractivity contribution is -0.139. The van der Waals surface area contributed by atoms with Gasteiger partial charge in [0.25, 0.3) is 5.91 Å². The summed E-state index contributed by atoms with van der Waals surface area (Å²) in [6.07, 6.45) is 5.95. The van der Waals surface area contributed by atoms with E-state index in [-0.39, 0.29) is 29.8 Å². The van der Waals surface area contributed by atoms with E-state index in [0.717, 1.165) is 19.4 Å². The van der Waals surface area contributed by atoms with Crippen molar-refractivity contribution in [1.29, 1.82) is 0 Å². The Balaban J connectivity index is 1.52. The molecule has 24 heavy (non-hydrogen) atoms. The van der Waals surface area contributed by atoms with Crippen molar-refractivity contribution in [2.75, 3.05) is 26.2 Å². The zero-order valence-corrected chi connectivity index (χ0v) is 14.2. The summed E-state index contributed by atoms with van der Waals surface area (Å²) < 4.78 is 4.97. The molecular weight excluding hydrogens is 308 g/mol. The van der Waals surface area contributed by atoms with Crippen LogP contribution in [0.15, 0.2) is 23.0 Å². The maximum Gasteiger partial charge on any atom is 0.257 e. The van der Waals surface area contributed by atoms with Crippen molar-refractivity contribution in [2.45, 2.75) is 38.7 Å². The normalized spacial score (nSPS) is 24.0. The molecule has 2 amide bonds. The van der Waals surface area contributed by atoms with E-state index in [9.17, 15) is 14.7 Å². The lowest BCUT2D eigenvalue weighted by Gasteiger charge is -2.38. The molecule has 1 aromatic rings. The van der Waals surface area contributed by atoms with E-state index in [0.29, 0.717) is 38.0 Å². The van der Waals surface area contributed by atoms with Crippen LogP contribution in [0.4, 0.5) is 0 Å². The first-order valence-corrected chi connectivity index (χ1v) is 8.84. The third kappa shape index (κ3) is 3.64. The predicted molar refractivity (Wildman–Crippen MR) is 88.3 cm³/mol. The topological polar surface area (TPSA) is 74.0 Å². The molecule has 2 saturated heterocycles. The minimum absolute atomic E-state index is 0.00820. The number of rotatable bonds is 3. The predicted octanol–water partition coefficient (Wildman–Crippen LogP) is 1.75. The van der Waals surface area contributed by atoms with Crippen molar-refractivity contribution in [1.82, 2.24) is 9.80 Å². The van der Waals surface area contributed by atoms with Crippen LogP contribution in [-0.2, 0) is 4.79 Å². The van der Waals surface area contributed by atoms with Gasteiger partial charge in [0, 0.05) is 38.0 Å². The number of hydrogen-bond donors (Lipinski definition) is 1. The van der Waals surface area contributed by atoms with Crippen molar-refractivity contribution in [2.24, 2.45) is 11.8 Å². The molecule has 0 saturated carbocycles. The van der Waals surface area contributed by atoms with Gasteiger partial charge in [-0.3, -0.25) is 9.59 Å². The summed E-state index contributed by atoms with van der Waals surface area (Å²) in [6, 6.07) is 1.67. The molecule has 0 radical (unpaired) electrons. The monoisotopic (exact) mass is 334 g/mol. The Morgan fingerprint density at radius 1 is 1.21 bits per heavy atom. The molecule has 0 aromatic carbocycles. The molecule has 1 N–H and O–H groups in total. The van der Waals surface area contributed by atoms with Crippen molar-refractivity contribution < 1.29 is 19.1 Å². The van der Waals surface area contributed by atoms with Gasteiger partial charge in [-0.25, -0.2) is 0 Å². The molecule has 2 aliphatic heterocycles. The van der Waals surface area contributed by atoms with Crippen LogP contribution < -0.4 is 0 Å². The number of piperidine rings is 2.